The first-order valence-corrected chi connectivity index (χ1v) is 12.7. The Kier molecular flexibility index (Phi) is 6.20. The molecule has 1 aliphatic carbocycles. The minimum absolute atomic E-state index is 0.00545. The van der Waals surface area contributed by atoms with Crippen LogP contribution < -0.4 is 0 Å². The van der Waals surface area contributed by atoms with Crippen LogP contribution in [0.2, 0.25) is 0 Å². The number of fused-ring (bicyclic) bond motifs is 1. The summed E-state index contributed by atoms with van der Waals surface area (Å²) < 4.78 is 14.9. The van der Waals surface area contributed by atoms with Crippen LogP contribution >= 0.6 is 0 Å². The third-order valence-corrected chi connectivity index (χ3v) is 7.65. The lowest BCUT2D eigenvalue weighted by Gasteiger charge is -2.45. The highest BCUT2D eigenvalue weighted by Crippen LogP contribution is 2.41. The highest BCUT2D eigenvalue weighted by Gasteiger charge is 2.43. The van der Waals surface area contributed by atoms with Crippen molar-refractivity contribution in [1.82, 2.24) is 15.0 Å². The lowest BCUT2D eigenvalue weighted by molar-refractivity contribution is -0.209. The molecule has 0 amide bonds. The number of benzene rings is 2. The zero-order valence-corrected chi connectivity index (χ0v) is 19.5. The van der Waals surface area contributed by atoms with E-state index in [2.05, 4.69) is 65.0 Å². The van der Waals surface area contributed by atoms with Crippen LogP contribution in [-0.4, -0.2) is 51.1 Å². The van der Waals surface area contributed by atoms with E-state index in [4.69, 9.17) is 9.47 Å². The molecule has 1 N–H and O–H groups in total. The highest BCUT2D eigenvalue weighted by atomic mass is 16.6. The van der Waals surface area contributed by atoms with Crippen LogP contribution in [0.25, 0.3) is 11.1 Å². The summed E-state index contributed by atoms with van der Waals surface area (Å²) in [6.07, 6.45) is 9.18. The Morgan fingerprint density at radius 1 is 0.882 bits per heavy atom. The predicted octanol–water partition coefficient (Wildman–Crippen LogP) is 4.69. The zero-order chi connectivity index (χ0) is 22.9. The minimum Gasteiger partial charge on any atom is -0.394 e. The number of aryl methyl sites for hydroxylation is 1. The van der Waals surface area contributed by atoms with Crippen LogP contribution in [0.15, 0.2) is 60.8 Å². The van der Waals surface area contributed by atoms with Crippen molar-refractivity contribution in [1.29, 1.82) is 0 Å². The first kappa shape index (κ1) is 22.0. The Bertz CT molecular complexity index is 1080. The summed E-state index contributed by atoms with van der Waals surface area (Å²) in [5.41, 5.74) is 4.91. The van der Waals surface area contributed by atoms with Crippen molar-refractivity contribution in [3.8, 4) is 11.1 Å². The van der Waals surface area contributed by atoms with Crippen molar-refractivity contribution in [2.45, 2.75) is 81.3 Å². The van der Waals surface area contributed by atoms with E-state index in [0.717, 1.165) is 37.8 Å². The number of hydrogen-bond donors (Lipinski definition) is 1. The van der Waals surface area contributed by atoms with Gasteiger partial charge in [-0.1, -0.05) is 59.8 Å². The fourth-order valence-electron chi connectivity index (χ4n) is 5.50. The van der Waals surface area contributed by atoms with Crippen molar-refractivity contribution >= 4 is 0 Å². The van der Waals surface area contributed by atoms with Crippen LogP contribution in [0.3, 0.4) is 0 Å². The van der Waals surface area contributed by atoms with E-state index in [9.17, 15) is 5.11 Å². The number of aliphatic hydroxyl groups excluding tert-OH is 1. The Hall–Kier alpha value is -2.54. The molecule has 6 heteroatoms. The lowest BCUT2D eigenvalue weighted by atomic mass is 9.88. The van der Waals surface area contributed by atoms with Gasteiger partial charge in [-0.3, -0.25) is 0 Å². The molecule has 1 aromatic heterocycles. The van der Waals surface area contributed by atoms with Gasteiger partial charge >= 0.3 is 0 Å². The molecule has 0 bridgehead atoms. The Labute approximate surface area is 200 Å². The summed E-state index contributed by atoms with van der Waals surface area (Å²) in [6, 6.07) is 19.5. The molecule has 0 unspecified atom stereocenters. The van der Waals surface area contributed by atoms with Crippen LogP contribution in [0, 0.1) is 0 Å². The first-order valence-electron chi connectivity index (χ1n) is 12.7. The second kappa shape index (κ2) is 9.61. The fraction of sp³-hybridized carbons (Fsp3) is 0.500. The predicted molar refractivity (Wildman–Crippen MR) is 129 cm³/mol. The van der Waals surface area contributed by atoms with Crippen molar-refractivity contribution in [2.75, 3.05) is 6.61 Å². The summed E-state index contributed by atoms with van der Waals surface area (Å²) in [5.74, 6) is 0.581. The van der Waals surface area contributed by atoms with Crippen LogP contribution in [0.5, 0.6) is 0 Å². The molecule has 3 heterocycles. The van der Waals surface area contributed by atoms with E-state index in [-0.39, 0.29) is 37.1 Å². The maximum atomic E-state index is 9.60. The van der Waals surface area contributed by atoms with Gasteiger partial charge in [0.1, 0.15) is 0 Å². The quantitative estimate of drug-likeness (QED) is 0.555. The van der Waals surface area contributed by atoms with Gasteiger partial charge in [-0.2, -0.15) is 0 Å². The van der Waals surface area contributed by atoms with Gasteiger partial charge in [0, 0.05) is 18.5 Å². The van der Waals surface area contributed by atoms with E-state index < -0.39 is 0 Å². The van der Waals surface area contributed by atoms with Gasteiger partial charge in [-0.25, -0.2) is 4.68 Å². The standard InChI is InChI=1S/C28H33N3O3/c32-18-23-13-15-27-28(33-23)16-25(31-17-24(29-30-31)22-11-12-22)26(34-27)14-8-19-6-9-21(10-7-19)20-4-2-1-3-5-20/h1-7,9-10,17,22-23,25-28,32H,8,11-16,18H2/t23-,25-,26+,27-,28-/m0/s1. The number of aromatic nitrogens is 3. The molecule has 5 atom stereocenters. The number of rotatable bonds is 7. The molecule has 34 heavy (non-hydrogen) atoms. The van der Waals surface area contributed by atoms with Crippen molar-refractivity contribution < 1.29 is 14.6 Å². The summed E-state index contributed by atoms with van der Waals surface area (Å²) >= 11 is 0. The van der Waals surface area contributed by atoms with Crippen LogP contribution in [0.1, 0.15) is 61.7 Å². The number of ether oxygens (including phenoxy) is 2. The summed E-state index contributed by atoms with van der Waals surface area (Å²) in [5, 5.41) is 18.6. The Morgan fingerprint density at radius 2 is 1.68 bits per heavy atom. The molecule has 3 aliphatic rings. The Balaban J connectivity index is 1.17. The summed E-state index contributed by atoms with van der Waals surface area (Å²) in [4.78, 5) is 0. The third kappa shape index (κ3) is 4.67. The van der Waals surface area contributed by atoms with Crippen LogP contribution in [-0.2, 0) is 15.9 Å². The van der Waals surface area contributed by atoms with Gasteiger partial charge in [-0.15, -0.1) is 5.10 Å². The van der Waals surface area contributed by atoms with E-state index >= 15 is 0 Å². The van der Waals surface area contributed by atoms with Gasteiger partial charge in [0.25, 0.3) is 0 Å². The van der Waals surface area contributed by atoms with Crippen molar-refractivity contribution in [3.63, 3.8) is 0 Å². The Morgan fingerprint density at radius 3 is 2.44 bits per heavy atom. The lowest BCUT2D eigenvalue weighted by Crippen LogP contribution is -2.51. The van der Waals surface area contributed by atoms with Crippen molar-refractivity contribution in [2.24, 2.45) is 0 Å². The van der Waals surface area contributed by atoms with Gasteiger partial charge in [0.15, 0.2) is 0 Å². The summed E-state index contributed by atoms with van der Waals surface area (Å²) in [6.45, 7) is 0.0748. The minimum atomic E-state index is -0.0806. The zero-order valence-electron chi connectivity index (χ0n) is 19.5. The topological polar surface area (TPSA) is 69.4 Å². The number of hydrogen-bond acceptors (Lipinski definition) is 5. The molecule has 1 saturated carbocycles. The molecule has 2 aliphatic heterocycles. The molecular formula is C28H33N3O3. The monoisotopic (exact) mass is 459 g/mol. The summed E-state index contributed by atoms with van der Waals surface area (Å²) in [7, 11) is 0. The molecule has 3 aromatic rings. The molecule has 2 aromatic carbocycles. The molecular weight excluding hydrogens is 426 g/mol. The highest BCUT2D eigenvalue weighted by molar-refractivity contribution is 5.63. The molecule has 3 fully saturated rings. The average molecular weight is 460 g/mol. The van der Waals surface area contributed by atoms with Gasteiger partial charge in [-0.05, 0) is 55.2 Å². The maximum absolute atomic E-state index is 9.60. The van der Waals surface area contributed by atoms with E-state index in [1.165, 1.54) is 29.5 Å². The third-order valence-electron chi connectivity index (χ3n) is 7.65. The van der Waals surface area contributed by atoms with Crippen LogP contribution in [0.4, 0.5) is 0 Å². The molecule has 2 saturated heterocycles. The molecule has 178 valence electrons. The molecule has 6 rings (SSSR count). The number of aliphatic hydroxyl groups is 1. The van der Waals surface area contributed by atoms with Gasteiger partial charge < -0.3 is 14.6 Å². The van der Waals surface area contributed by atoms with E-state index in [1.54, 1.807) is 0 Å². The molecule has 0 radical (unpaired) electrons. The first-order chi connectivity index (χ1) is 16.8. The maximum Gasteiger partial charge on any atom is 0.0863 e. The normalized spacial score (nSPS) is 29.0. The van der Waals surface area contributed by atoms with Gasteiger partial charge in [0.05, 0.1) is 42.8 Å². The smallest absolute Gasteiger partial charge is 0.0863 e. The average Bonchev–Trinajstić information content (AvgIpc) is 3.64. The van der Waals surface area contributed by atoms with Crippen molar-refractivity contribution in [3.05, 3.63) is 72.1 Å². The van der Waals surface area contributed by atoms with Gasteiger partial charge in [0.2, 0.25) is 0 Å². The fourth-order valence-corrected chi connectivity index (χ4v) is 5.50. The second-order valence-electron chi connectivity index (χ2n) is 10.1. The largest absolute Gasteiger partial charge is 0.394 e. The molecule has 0 spiro atoms. The second-order valence-corrected chi connectivity index (χ2v) is 10.1. The van der Waals surface area contributed by atoms with E-state index in [0.29, 0.717) is 5.92 Å². The molecule has 6 nitrogen and oxygen atoms in total. The number of nitrogens with zero attached hydrogens (tertiary/aromatic N) is 3. The van der Waals surface area contributed by atoms with E-state index in [1.807, 2.05) is 10.7 Å². The SMILES string of the molecule is OC[C@@H]1CC[C@@H]2O[C@H](CCc3ccc(-c4ccccc4)cc3)[C@@H](n3cc(C4CC4)nn3)C[C@@H]2O1.